The largest absolute Gasteiger partial charge is 0.420 e. The van der Waals surface area contributed by atoms with Gasteiger partial charge in [0.2, 0.25) is 0 Å². The Morgan fingerprint density at radius 2 is 1.82 bits per heavy atom. The lowest BCUT2D eigenvalue weighted by Gasteiger charge is -2.06. The van der Waals surface area contributed by atoms with Crippen molar-refractivity contribution in [1.29, 1.82) is 0 Å². The summed E-state index contributed by atoms with van der Waals surface area (Å²) < 4.78 is 22.0. The second-order valence-corrected chi connectivity index (χ2v) is 8.15. The van der Waals surface area contributed by atoms with Crippen LogP contribution >= 0.6 is 0 Å². The number of fused-ring (bicyclic) bond motifs is 1. The van der Waals surface area contributed by atoms with Crippen molar-refractivity contribution in [2.24, 2.45) is 0 Å². The number of hydrogen-bond donors (Lipinski definition) is 1. The first-order valence-electron chi connectivity index (χ1n) is 10.7. The maximum Gasteiger partial charge on any atom is 0.420 e. The maximum absolute atomic E-state index is 13.1. The van der Waals surface area contributed by atoms with Crippen LogP contribution in [0, 0.1) is 12.7 Å². The van der Waals surface area contributed by atoms with Crippen molar-refractivity contribution < 1.29 is 8.81 Å². The molecule has 2 heterocycles. The lowest BCUT2D eigenvalue weighted by Crippen LogP contribution is -2.14. The normalized spacial score (nSPS) is 11.2. The first-order chi connectivity index (χ1) is 16.0. The Morgan fingerprint density at radius 3 is 2.64 bits per heavy atom. The number of benzene rings is 3. The summed E-state index contributed by atoms with van der Waals surface area (Å²) >= 11 is 0. The van der Waals surface area contributed by atoms with Gasteiger partial charge in [0.05, 0.1) is 24.8 Å². The standard InChI is InChI=1S/C26H23FN4O2/c1-18-3-2-4-20(11-18)17-31-24-10-9-23(12-25(24)33-26(31)32)28-13-21-14-29-30(16-21)15-19-5-7-22(27)8-6-19/h2-12,14,16,28H,13,15,17H2,1H3. The average molecular weight is 442 g/mol. The van der Waals surface area contributed by atoms with E-state index in [4.69, 9.17) is 4.42 Å². The number of aromatic nitrogens is 3. The Hall–Kier alpha value is -4.13. The fourth-order valence-electron chi connectivity index (χ4n) is 3.88. The number of anilines is 1. The Labute approximate surface area is 189 Å². The minimum absolute atomic E-state index is 0.248. The van der Waals surface area contributed by atoms with Crippen LogP contribution in [0.1, 0.15) is 22.3 Å². The van der Waals surface area contributed by atoms with Crippen LogP contribution in [0.4, 0.5) is 10.1 Å². The molecule has 0 aliphatic rings. The second-order valence-electron chi connectivity index (χ2n) is 8.15. The molecule has 1 N–H and O–H groups in total. The highest BCUT2D eigenvalue weighted by molar-refractivity contribution is 5.77. The van der Waals surface area contributed by atoms with Gasteiger partial charge in [-0.25, -0.2) is 9.18 Å². The van der Waals surface area contributed by atoms with Crippen LogP contribution in [0.15, 0.2) is 88.3 Å². The molecule has 0 unspecified atom stereocenters. The van der Waals surface area contributed by atoms with E-state index in [9.17, 15) is 9.18 Å². The number of oxazole rings is 1. The van der Waals surface area contributed by atoms with E-state index in [1.807, 2.05) is 54.2 Å². The van der Waals surface area contributed by atoms with Crippen molar-refractivity contribution in [3.05, 3.63) is 118 Å². The second kappa shape index (κ2) is 8.78. The summed E-state index contributed by atoms with van der Waals surface area (Å²) in [7, 11) is 0. The van der Waals surface area contributed by atoms with Crippen molar-refractivity contribution in [2.45, 2.75) is 26.6 Å². The molecule has 0 radical (unpaired) electrons. The highest BCUT2D eigenvalue weighted by Gasteiger charge is 2.11. The highest BCUT2D eigenvalue weighted by atomic mass is 19.1. The van der Waals surface area contributed by atoms with Gasteiger partial charge in [-0.1, -0.05) is 42.0 Å². The summed E-state index contributed by atoms with van der Waals surface area (Å²) in [6, 6.07) is 20.2. The zero-order valence-electron chi connectivity index (χ0n) is 18.2. The number of halogens is 1. The minimum Gasteiger partial charge on any atom is -0.408 e. The van der Waals surface area contributed by atoms with Gasteiger partial charge in [-0.2, -0.15) is 5.10 Å². The van der Waals surface area contributed by atoms with Gasteiger partial charge in [0, 0.05) is 30.1 Å². The van der Waals surface area contributed by atoms with Crippen molar-refractivity contribution in [1.82, 2.24) is 14.3 Å². The molecule has 7 heteroatoms. The first-order valence-corrected chi connectivity index (χ1v) is 10.7. The van der Waals surface area contributed by atoms with Crippen LogP contribution in [-0.2, 0) is 19.6 Å². The molecule has 0 fully saturated rings. The molecule has 5 aromatic rings. The topological polar surface area (TPSA) is 65.0 Å². The molecule has 0 saturated carbocycles. The summed E-state index contributed by atoms with van der Waals surface area (Å²) in [6.45, 7) is 3.65. The van der Waals surface area contributed by atoms with Crippen molar-refractivity contribution in [3.63, 3.8) is 0 Å². The number of nitrogens with zero attached hydrogens (tertiary/aromatic N) is 3. The van der Waals surface area contributed by atoms with E-state index in [1.54, 1.807) is 22.9 Å². The van der Waals surface area contributed by atoms with Gasteiger partial charge >= 0.3 is 5.76 Å². The highest BCUT2D eigenvalue weighted by Crippen LogP contribution is 2.20. The number of aryl methyl sites for hydroxylation is 1. The maximum atomic E-state index is 13.1. The van der Waals surface area contributed by atoms with E-state index in [1.165, 1.54) is 12.1 Å². The molecule has 5 rings (SSSR count). The third-order valence-corrected chi connectivity index (χ3v) is 5.53. The molecule has 33 heavy (non-hydrogen) atoms. The molecular formula is C26H23FN4O2. The lowest BCUT2D eigenvalue weighted by atomic mass is 10.1. The van der Waals surface area contributed by atoms with E-state index in [0.717, 1.165) is 33.5 Å². The monoisotopic (exact) mass is 442 g/mol. The van der Waals surface area contributed by atoms with Gasteiger partial charge in [-0.15, -0.1) is 0 Å². The summed E-state index contributed by atoms with van der Waals surface area (Å²) in [5, 5.41) is 7.73. The number of nitrogens with one attached hydrogen (secondary N) is 1. The smallest absolute Gasteiger partial charge is 0.408 e. The van der Waals surface area contributed by atoms with E-state index in [-0.39, 0.29) is 11.6 Å². The fourth-order valence-corrected chi connectivity index (χ4v) is 3.88. The van der Waals surface area contributed by atoms with Crippen LogP contribution in [0.2, 0.25) is 0 Å². The van der Waals surface area contributed by atoms with Gasteiger partial charge < -0.3 is 9.73 Å². The zero-order chi connectivity index (χ0) is 22.8. The summed E-state index contributed by atoms with van der Waals surface area (Å²) in [4.78, 5) is 12.4. The Morgan fingerprint density at radius 1 is 0.970 bits per heavy atom. The molecule has 3 aromatic carbocycles. The zero-order valence-corrected chi connectivity index (χ0v) is 18.2. The molecule has 166 valence electrons. The summed E-state index contributed by atoms with van der Waals surface area (Å²) in [5.74, 6) is -0.617. The molecule has 2 aromatic heterocycles. The van der Waals surface area contributed by atoms with Crippen LogP contribution in [0.3, 0.4) is 0 Å². The van der Waals surface area contributed by atoms with E-state index >= 15 is 0 Å². The van der Waals surface area contributed by atoms with Crippen LogP contribution in [0.5, 0.6) is 0 Å². The molecule has 0 saturated heterocycles. The van der Waals surface area contributed by atoms with Crippen molar-refractivity contribution in [2.75, 3.05) is 5.32 Å². The molecule has 0 atom stereocenters. The van der Waals surface area contributed by atoms with Gasteiger partial charge in [0.25, 0.3) is 0 Å². The molecule has 0 spiro atoms. The third kappa shape index (κ3) is 4.72. The Kier molecular flexibility index (Phi) is 5.52. The van der Waals surface area contributed by atoms with Crippen LogP contribution in [0.25, 0.3) is 11.1 Å². The summed E-state index contributed by atoms with van der Waals surface area (Å²) in [6.07, 6.45) is 3.75. The van der Waals surface area contributed by atoms with E-state index in [2.05, 4.69) is 16.5 Å². The molecule has 0 amide bonds. The molecular weight excluding hydrogens is 419 g/mol. The Balaban J connectivity index is 1.27. The SMILES string of the molecule is Cc1cccc(Cn2c(=O)oc3cc(NCc4cnn(Cc5ccc(F)cc5)c4)ccc32)c1. The molecule has 6 nitrogen and oxygen atoms in total. The van der Waals surface area contributed by atoms with Crippen LogP contribution in [-0.4, -0.2) is 14.3 Å². The van der Waals surface area contributed by atoms with Gasteiger partial charge in [-0.3, -0.25) is 9.25 Å². The predicted octanol–water partition coefficient (Wildman–Crippen LogP) is 4.95. The molecule has 0 aliphatic heterocycles. The lowest BCUT2D eigenvalue weighted by molar-refractivity contribution is 0.517. The predicted molar refractivity (Wildman–Crippen MR) is 126 cm³/mol. The number of rotatable bonds is 7. The Bertz CT molecular complexity index is 1460. The quantitative estimate of drug-likeness (QED) is 0.387. The molecule has 0 bridgehead atoms. The van der Waals surface area contributed by atoms with Crippen molar-refractivity contribution in [3.8, 4) is 0 Å². The number of hydrogen-bond acceptors (Lipinski definition) is 4. The van der Waals surface area contributed by atoms with Gasteiger partial charge in [0.15, 0.2) is 5.58 Å². The van der Waals surface area contributed by atoms with E-state index < -0.39 is 0 Å². The fraction of sp³-hybridized carbons (Fsp3) is 0.154. The van der Waals surface area contributed by atoms with Gasteiger partial charge in [-0.05, 0) is 42.3 Å². The first kappa shape index (κ1) is 20.8. The molecule has 0 aliphatic carbocycles. The van der Waals surface area contributed by atoms with Crippen molar-refractivity contribution >= 4 is 16.8 Å². The van der Waals surface area contributed by atoms with Crippen LogP contribution < -0.4 is 11.1 Å². The van der Waals surface area contributed by atoms with E-state index in [0.29, 0.717) is 25.2 Å². The third-order valence-electron chi connectivity index (χ3n) is 5.53. The summed E-state index contributed by atoms with van der Waals surface area (Å²) in [5.41, 5.74) is 6.36. The average Bonchev–Trinajstić information content (AvgIpc) is 3.37. The van der Waals surface area contributed by atoms with Gasteiger partial charge in [0.1, 0.15) is 5.82 Å². The minimum atomic E-state index is -0.370.